The molecule has 0 atom stereocenters. The number of hydrogen-bond donors (Lipinski definition) is 3. The zero-order valence-electron chi connectivity index (χ0n) is 14.6. The zero-order valence-corrected chi connectivity index (χ0v) is 16.2. The lowest BCUT2D eigenvalue weighted by molar-refractivity contribution is 0.100. The van der Waals surface area contributed by atoms with Crippen LogP contribution in [-0.4, -0.2) is 21.7 Å². The molecule has 6 nitrogen and oxygen atoms in total. The monoisotopic (exact) mass is 437 g/mol. The molecular weight excluding hydrogens is 422 g/mol. The fraction of sp³-hybridized carbons (Fsp3) is 0.0476. The van der Waals surface area contributed by atoms with Gasteiger partial charge >= 0.3 is 6.09 Å². The van der Waals surface area contributed by atoms with Crippen molar-refractivity contribution in [1.82, 2.24) is 4.57 Å². The Morgan fingerprint density at radius 3 is 2.46 bits per heavy atom. The predicted octanol–water partition coefficient (Wildman–Crippen LogP) is 4.79. The van der Waals surface area contributed by atoms with Gasteiger partial charge in [0.05, 0.1) is 11.1 Å². The minimum atomic E-state index is -1.15. The van der Waals surface area contributed by atoms with Crippen molar-refractivity contribution in [1.29, 1.82) is 0 Å². The molecule has 4 aromatic rings. The van der Waals surface area contributed by atoms with E-state index in [1.54, 1.807) is 18.2 Å². The molecule has 0 aliphatic rings. The summed E-state index contributed by atoms with van der Waals surface area (Å²) in [6.45, 7) is 0.598. The van der Waals surface area contributed by atoms with Crippen LogP contribution in [0.2, 0.25) is 0 Å². The molecule has 0 spiro atoms. The number of halogens is 1. The SMILES string of the molecule is NC(=O)c1cc(Br)cc2c1c1cc(NC(=O)O)ccc1n2Cc1ccccc1. The normalized spacial score (nSPS) is 11.0. The highest BCUT2D eigenvalue weighted by Crippen LogP contribution is 2.36. The van der Waals surface area contributed by atoms with E-state index < -0.39 is 12.0 Å². The number of amides is 2. The van der Waals surface area contributed by atoms with E-state index >= 15 is 0 Å². The van der Waals surface area contributed by atoms with E-state index in [-0.39, 0.29) is 0 Å². The van der Waals surface area contributed by atoms with Gasteiger partial charge in [0.25, 0.3) is 0 Å². The summed E-state index contributed by atoms with van der Waals surface area (Å²) in [5, 5.41) is 12.9. The van der Waals surface area contributed by atoms with Crippen LogP contribution in [0.15, 0.2) is 65.1 Å². The van der Waals surface area contributed by atoms with Crippen LogP contribution in [0.4, 0.5) is 10.5 Å². The quantitative estimate of drug-likeness (QED) is 0.427. The highest BCUT2D eigenvalue weighted by molar-refractivity contribution is 9.10. The molecule has 1 heterocycles. The van der Waals surface area contributed by atoms with Gasteiger partial charge in [-0.3, -0.25) is 10.1 Å². The van der Waals surface area contributed by atoms with Gasteiger partial charge in [-0.05, 0) is 35.9 Å². The molecule has 0 saturated heterocycles. The van der Waals surface area contributed by atoms with Crippen LogP contribution in [0.25, 0.3) is 21.8 Å². The van der Waals surface area contributed by atoms with Crippen molar-refractivity contribution < 1.29 is 14.7 Å². The fourth-order valence-corrected chi connectivity index (χ4v) is 3.97. The Balaban J connectivity index is 2.06. The van der Waals surface area contributed by atoms with Gasteiger partial charge in [0.15, 0.2) is 0 Å². The maximum Gasteiger partial charge on any atom is 0.409 e. The van der Waals surface area contributed by atoms with E-state index in [0.29, 0.717) is 23.2 Å². The average molecular weight is 438 g/mol. The summed E-state index contributed by atoms with van der Waals surface area (Å²) >= 11 is 3.46. The van der Waals surface area contributed by atoms with E-state index in [2.05, 4.69) is 25.8 Å². The molecule has 0 saturated carbocycles. The first-order chi connectivity index (χ1) is 13.4. The second-order valence-corrected chi connectivity index (χ2v) is 7.36. The Labute approximate surface area is 168 Å². The summed E-state index contributed by atoms with van der Waals surface area (Å²) in [6.07, 6.45) is -1.15. The number of nitrogens with two attached hydrogens (primary N) is 1. The molecule has 3 aromatic carbocycles. The Kier molecular flexibility index (Phi) is 4.52. The lowest BCUT2D eigenvalue weighted by Gasteiger charge is -2.09. The van der Waals surface area contributed by atoms with Gasteiger partial charge in [-0.25, -0.2) is 4.79 Å². The molecule has 0 radical (unpaired) electrons. The number of benzene rings is 3. The van der Waals surface area contributed by atoms with Gasteiger partial charge in [-0.1, -0.05) is 46.3 Å². The highest BCUT2D eigenvalue weighted by atomic mass is 79.9. The molecule has 0 fully saturated rings. The Morgan fingerprint density at radius 1 is 1.04 bits per heavy atom. The van der Waals surface area contributed by atoms with Crippen LogP contribution >= 0.6 is 15.9 Å². The number of carbonyl (C=O) groups is 2. The van der Waals surface area contributed by atoms with Crippen LogP contribution in [0.5, 0.6) is 0 Å². The number of nitrogens with zero attached hydrogens (tertiary/aromatic N) is 1. The summed E-state index contributed by atoms with van der Waals surface area (Å²) in [7, 11) is 0. The maximum absolute atomic E-state index is 12.1. The lowest BCUT2D eigenvalue weighted by atomic mass is 10.1. The smallest absolute Gasteiger partial charge is 0.409 e. The minimum Gasteiger partial charge on any atom is -0.465 e. The second-order valence-electron chi connectivity index (χ2n) is 6.45. The van der Waals surface area contributed by atoms with E-state index in [1.165, 1.54) is 0 Å². The van der Waals surface area contributed by atoms with Crippen molar-refractivity contribution in [2.45, 2.75) is 6.54 Å². The number of anilines is 1. The average Bonchev–Trinajstić information content (AvgIpc) is 2.94. The zero-order chi connectivity index (χ0) is 19.8. The maximum atomic E-state index is 12.1. The first-order valence-electron chi connectivity index (χ1n) is 8.53. The first-order valence-corrected chi connectivity index (χ1v) is 9.32. The third kappa shape index (κ3) is 3.20. The van der Waals surface area contributed by atoms with Crippen LogP contribution < -0.4 is 11.1 Å². The number of primary amides is 1. The molecule has 0 aliphatic carbocycles. The molecule has 7 heteroatoms. The summed E-state index contributed by atoms with van der Waals surface area (Å²) < 4.78 is 2.84. The van der Waals surface area contributed by atoms with Gasteiger partial charge in [-0.2, -0.15) is 0 Å². The topological polar surface area (TPSA) is 97.3 Å². The van der Waals surface area contributed by atoms with Crippen molar-refractivity contribution in [2.24, 2.45) is 5.73 Å². The van der Waals surface area contributed by atoms with Crippen LogP contribution in [0, 0.1) is 0 Å². The molecule has 2 amide bonds. The van der Waals surface area contributed by atoms with E-state index in [1.807, 2.05) is 42.5 Å². The van der Waals surface area contributed by atoms with Gasteiger partial charge in [0.1, 0.15) is 0 Å². The molecule has 0 unspecified atom stereocenters. The third-order valence-corrected chi connectivity index (χ3v) is 5.09. The van der Waals surface area contributed by atoms with Crippen LogP contribution in [0.1, 0.15) is 15.9 Å². The molecule has 4 rings (SSSR count). The first kappa shape index (κ1) is 18.1. The van der Waals surface area contributed by atoms with Gasteiger partial charge in [0.2, 0.25) is 5.91 Å². The van der Waals surface area contributed by atoms with Crippen molar-refractivity contribution in [3.8, 4) is 0 Å². The number of hydrogen-bond acceptors (Lipinski definition) is 2. The molecule has 0 aliphatic heterocycles. The lowest BCUT2D eigenvalue weighted by Crippen LogP contribution is -2.11. The number of rotatable bonds is 4. The van der Waals surface area contributed by atoms with Crippen molar-refractivity contribution >= 4 is 55.4 Å². The van der Waals surface area contributed by atoms with E-state index in [4.69, 9.17) is 10.8 Å². The van der Waals surface area contributed by atoms with Gasteiger partial charge in [-0.15, -0.1) is 0 Å². The number of carbonyl (C=O) groups excluding carboxylic acids is 1. The summed E-state index contributed by atoms with van der Waals surface area (Å²) in [4.78, 5) is 23.2. The van der Waals surface area contributed by atoms with Crippen LogP contribution in [0.3, 0.4) is 0 Å². The minimum absolute atomic E-state index is 0.383. The molecular formula is C21H16BrN3O3. The van der Waals surface area contributed by atoms with Crippen LogP contribution in [-0.2, 0) is 6.54 Å². The number of nitrogens with one attached hydrogen (secondary N) is 1. The second kappa shape index (κ2) is 7.01. The van der Waals surface area contributed by atoms with Gasteiger partial charge < -0.3 is 15.4 Å². The summed E-state index contributed by atoms with van der Waals surface area (Å²) in [5.41, 5.74) is 9.29. The Bertz CT molecular complexity index is 1230. The molecule has 0 bridgehead atoms. The number of aromatic nitrogens is 1. The van der Waals surface area contributed by atoms with Crippen molar-refractivity contribution in [3.63, 3.8) is 0 Å². The van der Waals surface area contributed by atoms with Crippen molar-refractivity contribution in [3.05, 3.63) is 76.3 Å². The molecule has 1 aromatic heterocycles. The molecule has 28 heavy (non-hydrogen) atoms. The summed E-state index contributed by atoms with van der Waals surface area (Å²) in [6, 6.07) is 18.9. The molecule has 140 valence electrons. The van der Waals surface area contributed by atoms with Gasteiger partial charge in [0, 0.05) is 33.0 Å². The molecule has 4 N–H and O–H groups in total. The number of carboxylic acid groups (broad SMARTS) is 1. The van der Waals surface area contributed by atoms with Crippen molar-refractivity contribution in [2.75, 3.05) is 5.32 Å². The highest BCUT2D eigenvalue weighted by Gasteiger charge is 2.18. The predicted molar refractivity (Wildman–Crippen MR) is 113 cm³/mol. The Morgan fingerprint density at radius 2 is 1.79 bits per heavy atom. The number of fused-ring (bicyclic) bond motifs is 3. The fourth-order valence-electron chi connectivity index (χ4n) is 3.52. The van der Waals surface area contributed by atoms with E-state index in [9.17, 15) is 9.59 Å². The Hall–Kier alpha value is -3.32. The van der Waals surface area contributed by atoms with E-state index in [0.717, 1.165) is 26.5 Å². The third-order valence-electron chi connectivity index (χ3n) is 4.63. The standard InChI is InChI=1S/C21H16BrN3O3/c22-13-8-16(20(23)26)19-15-10-14(24-21(27)28)6-7-17(15)25(18(19)9-13)11-12-4-2-1-3-5-12/h1-10,24H,11H2,(H2,23,26)(H,27,28). The summed E-state index contributed by atoms with van der Waals surface area (Å²) in [5.74, 6) is -0.540. The largest absolute Gasteiger partial charge is 0.465 e.